The van der Waals surface area contributed by atoms with E-state index in [4.69, 9.17) is 0 Å². The van der Waals surface area contributed by atoms with E-state index in [1.807, 2.05) is 23.6 Å². The van der Waals surface area contributed by atoms with Crippen LogP contribution >= 0.6 is 11.3 Å². The predicted molar refractivity (Wildman–Crippen MR) is 108 cm³/mol. The third-order valence-corrected chi connectivity index (χ3v) is 7.36. The highest BCUT2D eigenvalue weighted by atomic mass is 32.1. The van der Waals surface area contributed by atoms with E-state index < -0.39 is 0 Å². The second-order valence-corrected chi connectivity index (χ2v) is 9.54. The van der Waals surface area contributed by atoms with Gasteiger partial charge in [-0.1, -0.05) is 6.07 Å². The molecule has 6 nitrogen and oxygen atoms in total. The van der Waals surface area contributed by atoms with Crippen molar-refractivity contribution in [2.75, 3.05) is 11.9 Å². The molecule has 0 unspecified atom stereocenters. The van der Waals surface area contributed by atoms with Gasteiger partial charge in [0.2, 0.25) is 11.8 Å². The minimum atomic E-state index is -0.236. The molecule has 0 aromatic carbocycles. The Morgan fingerprint density at radius 1 is 1.07 bits per heavy atom. The van der Waals surface area contributed by atoms with Gasteiger partial charge in [0.05, 0.1) is 12.2 Å². The van der Waals surface area contributed by atoms with Gasteiger partial charge in [0, 0.05) is 17.0 Å². The van der Waals surface area contributed by atoms with Crippen LogP contribution in [0.4, 0.5) is 5.13 Å². The van der Waals surface area contributed by atoms with Crippen LogP contribution in [0.1, 0.15) is 38.5 Å². The Morgan fingerprint density at radius 3 is 2.43 bits per heavy atom. The summed E-state index contributed by atoms with van der Waals surface area (Å²) in [4.78, 5) is 33.9. The van der Waals surface area contributed by atoms with Gasteiger partial charge in [-0.05, 0) is 68.4 Å². The third-order valence-electron chi connectivity index (χ3n) is 6.61. The average molecular weight is 397 g/mol. The fraction of sp³-hybridized carbons (Fsp3) is 0.524. The third kappa shape index (κ3) is 3.32. The van der Waals surface area contributed by atoms with E-state index in [1.165, 1.54) is 30.6 Å². The SMILES string of the molecule is O=C(CNC(=O)C12CC3CC(CC(C3)C1)C2)Nc1nc(-c2ccccn2)cs1. The molecule has 2 aromatic rings. The Bertz CT molecular complexity index is 860. The molecule has 0 aliphatic heterocycles. The molecule has 4 saturated carbocycles. The number of carbonyl (C=O) groups is 2. The van der Waals surface area contributed by atoms with Crippen LogP contribution in [0.3, 0.4) is 0 Å². The molecular weight excluding hydrogens is 372 g/mol. The van der Waals surface area contributed by atoms with Gasteiger partial charge in [0.15, 0.2) is 5.13 Å². The number of thiazole rings is 1. The molecule has 4 aliphatic carbocycles. The molecule has 2 heterocycles. The van der Waals surface area contributed by atoms with Crippen LogP contribution in [-0.4, -0.2) is 28.3 Å². The molecular formula is C21H24N4O2S. The summed E-state index contributed by atoms with van der Waals surface area (Å²) in [5, 5.41) is 8.09. The summed E-state index contributed by atoms with van der Waals surface area (Å²) in [7, 11) is 0. The minimum Gasteiger partial charge on any atom is -0.347 e. The summed E-state index contributed by atoms with van der Waals surface area (Å²) in [6, 6.07) is 5.64. The lowest BCUT2D eigenvalue weighted by molar-refractivity contribution is -0.146. The maximum Gasteiger partial charge on any atom is 0.245 e. The van der Waals surface area contributed by atoms with Gasteiger partial charge >= 0.3 is 0 Å². The van der Waals surface area contributed by atoms with Gasteiger partial charge in [-0.3, -0.25) is 14.6 Å². The van der Waals surface area contributed by atoms with E-state index in [0.717, 1.165) is 30.7 Å². The molecule has 4 fully saturated rings. The van der Waals surface area contributed by atoms with Crippen LogP contribution in [0.25, 0.3) is 11.4 Å². The number of nitrogens with one attached hydrogen (secondary N) is 2. The van der Waals surface area contributed by atoms with Crippen molar-refractivity contribution in [1.29, 1.82) is 0 Å². The summed E-state index contributed by atoms with van der Waals surface area (Å²) in [6.45, 7) is -0.000909. The maximum absolute atomic E-state index is 12.9. The monoisotopic (exact) mass is 396 g/mol. The normalized spacial score (nSPS) is 30.2. The van der Waals surface area contributed by atoms with Crippen molar-refractivity contribution in [1.82, 2.24) is 15.3 Å². The van der Waals surface area contributed by atoms with Crippen LogP contribution in [-0.2, 0) is 9.59 Å². The second-order valence-electron chi connectivity index (χ2n) is 8.68. The highest BCUT2D eigenvalue weighted by molar-refractivity contribution is 7.14. The standard InChI is InChI=1S/C21H24N4O2S/c26-18(25-20-24-17(12-28-20)16-3-1-2-4-22-16)11-23-19(27)21-8-13-5-14(9-21)7-15(6-13)10-21/h1-4,12-15H,5-11H2,(H,23,27)(H,24,25,26). The first-order chi connectivity index (χ1) is 13.6. The van der Waals surface area contributed by atoms with Gasteiger partial charge in [-0.2, -0.15) is 0 Å². The molecule has 4 aliphatic rings. The first-order valence-corrected chi connectivity index (χ1v) is 10.9. The quantitative estimate of drug-likeness (QED) is 0.810. The number of hydrogen-bond donors (Lipinski definition) is 2. The Kier molecular flexibility index (Phi) is 4.42. The van der Waals surface area contributed by atoms with E-state index in [2.05, 4.69) is 20.6 Å². The van der Waals surface area contributed by atoms with Gasteiger partial charge in [-0.15, -0.1) is 11.3 Å². The van der Waals surface area contributed by atoms with Crippen LogP contribution < -0.4 is 10.6 Å². The van der Waals surface area contributed by atoms with E-state index >= 15 is 0 Å². The van der Waals surface area contributed by atoms with Crippen molar-refractivity contribution >= 4 is 28.3 Å². The number of hydrogen-bond acceptors (Lipinski definition) is 5. The van der Waals surface area contributed by atoms with Crippen molar-refractivity contribution in [2.24, 2.45) is 23.2 Å². The Morgan fingerprint density at radius 2 is 1.79 bits per heavy atom. The van der Waals surface area contributed by atoms with Gasteiger partial charge in [0.1, 0.15) is 5.69 Å². The zero-order valence-corrected chi connectivity index (χ0v) is 16.5. The molecule has 0 radical (unpaired) electrons. The lowest BCUT2D eigenvalue weighted by Crippen LogP contribution is -2.54. The van der Waals surface area contributed by atoms with E-state index in [9.17, 15) is 9.59 Å². The van der Waals surface area contributed by atoms with E-state index in [-0.39, 0.29) is 23.8 Å². The number of amides is 2. The Balaban J connectivity index is 1.17. The number of nitrogens with zero attached hydrogens (tertiary/aromatic N) is 2. The number of aromatic nitrogens is 2. The van der Waals surface area contributed by atoms with Crippen LogP contribution in [0.5, 0.6) is 0 Å². The molecule has 2 aromatic heterocycles. The summed E-state index contributed by atoms with van der Waals surface area (Å²) < 4.78 is 0. The highest BCUT2D eigenvalue weighted by Gasteiger charge is 2.54. The van der Waals surface area contributed by atoms with E-state index in [1.54, 1.807) is 6.20 Å². The Labute approximate surface area is 168 Å². The first-order valence-electron chi connectivity index (χ1n) is 10.0. The predicted octanol–water partition coefficient (Wildman–Crippen LogP) is 3.48. The number of pyridine rings is 1. The molecule has 6 rings (SSSR count). The van der Waals surface area contributed by atoms with Crippen molar-refractivity contribution in [3.05, 3.63) is 29.8 Å². The zero-order chi connectivity index (χ0) is 19.1. The molecule has 28 heavy (non-hydrogen) atoms. The minimum absolute atomic E-state index is 0.000909. The fourth-order valence-corrected chi connectivity index (χ4v) is 6.58. The molecule has 2 amide bonds. The fourth-order valence-electron chi connectivity index (χ4n) is 5.86. The lowest BCUT2D eigenvalue weighted by atomic mass is 9.49. The molecule has 0 saturated heterocycles. The molecule has 2 N–H and O–H groups in total. The lowest BCUT2D eigenvalue weighted by Gasteiger charge is -2.55. The van der Waals surface area contributed by atoms with Gasteiger partial charge in [0.25, 0.3) is 0 Å². The molecule has 4 bridgehead atoms. The summed E-state index contributed by atoms with van der Waals surface area (Å²) in [6.07, 6.45) is 8.64. The van der Waals surface area contributed by atoms with Crippen LogP contribution in [0, 0.1) is 23.2 Å². The van der Waals surface area contributed by atoms with Crippen molar-refractivity contribution in [3.63, 3.8) is 0 Å². The molecule has 0 spiro atoms. The smallest absolute Gasteiger partial charge is 0.245 e. The van der Waals surface area contributed by atoms with E-state index in [0.29, 0.717) is 22.9 Å². The van der Waals surface area contributed by atoms with Crippen LogP contribution in [0.2, 0.25) is 0 Å². The van der Waals surface area contributed by atoms with Crippen molar-refractivity contribution in [2.45, 2.75) is 38.5 Å². The van der Waals surface area contributed by atoms with Gasteiger partial charge < -0.3 is 10.6 Å². The van der Waals surface area contributed by atoms with Gasteiger partial charge in [-0.25, -0.2) is 4.98 Å². The first kappa shape index (κ1) is 17.8. The Hall–Kier alpha value is -2.28. The highest BCUT2D eigenvalue weighted by Crippen LogP contribution is 2.60. The summed E-state index contributed by atoms with van der Waals surface area (Å²) >= 11 is 1.36. The molecule has 7 heteroatoms. The number of anilines is 1. The van der Waals surface area contributed by atoms with Crippen LogP contribution in [0.15, 0.2) is 29.8 Å². The number of rotatable bonds is 5. The molecule has 146 valence electrons. The summed E-state index contributed by atoms with van der Waals surface area (Å²) in [5.41, 5.74) is 1.29. The topological polar surface area (TPSA) is 84.0 Å². The van der Waals surface area contributed by atoms with Crippen molar-refractivity contribution in [3.8, 4) is 11.4 Å². The zero-order valence-electron chi connectivity index (χ0n) is 15.7. The van der Waals surface area contributed by atoms with Crippen molar-refractivity contribution < 1.29 is 9.59 Å². The summed E-state index contributed by atoms with van der Waals surface area (Å²) in [5.74, 6) is 1.98. The maximum atomic E-state index is 12.9. The molecule has 0 atom stereocenters. The second kappa shape index (κ2) is 6.95. The number of carbonyl (C=O) groups excluding carboxylic acids is 2. The largest absolute Gasteiger partial charge is 0.347 e. The average Bonchev–Trinajstić information content (AvgIpc) is 3.14.